The molecule has 2 unspecified atom stereocenters. The molecule has 1 aliphatic rings. The molecule has 1 fully saturated rings. The molecule has 0 aromatic heterocycles. The third-order valence-corrected chi connectivity index (χ3v) is 3.54. The van der Waals surface area contributed by atoms with E-state index in [-0.39, 0.29) is 18.6 Å². The Labute approximate surface area is 131 Å². The Morgan fingerprint density at radius 2 is 2.23 bits per heavy atom. The minimum Gasteiger partial charge on any atom is -0.480 e. The van der Waals surface area contributed by atoms with Crippen LogP contribution in [-0.4, -0.2) is 42.5 Å². The predicted octanol–water partition coefficient (Wildman–Crippen LogP) is 2.24. The van der Waals surface area contributed by atoms with Crippen molar-refractivity contribution in [3.8, 4) is 0 Å². The van der Waals surface area contributed by atoms with Crippen LogP contribution < -0.4 is 5.32 Å². The van der Waals surface area contributed by atoms with Gasteiger partial charge in [-0.1, -0.05) is 6.08 Å². The van der Waals surface area contributed by atoms with Gasteiger partial charge in [-0.25, -0.2) is 4.79 Å². The van der Waals surface area contributed by atoms with Crippen LogP contribution in [-0.2, 0) is 19.1 Å². The highest BCUT2D eigenvalue weighted by molar-refractivity contribution is 5.83. The van der Waals surface area contributed by atoms with Gasteiger partial charge >= 0.3 is 5.97 Å². The fraction of sp³-hybridized carbons (Fsp3) is 0.750. The van der Waals surface area contributed by atoms with Crippen molar-refractivity contribution in [3.63, 3.8) is 0 Å². The second-order valence-corrected chi connectivity index (χ2v) is 5.45. The van der Waals surface area contributed by atoms with Gasteiger partial charge in [0.05, 0.1) is 0 Å². The van der Waals surface area contributed by atoms with Crippen LogP contribution in [0.1, 0.15) is 51.4 Å². The zero-order valence-electron chi connectivity index (χ0n) is 13.1. The van der Waals surface area contributed by atoms with Gasteiger partial charge in [0.2, 0.25) is 5.91 Å². The third kappa shape index (κ3) is 8.14. The lowest BCUT2D eigenvalue weighted by Crippen LogP contribution is -2.40. The van der Waals surface area contributed by atoms with Crippen LogP contribution in [0.4, 0.5) is 0 Å². The molecular weight excluding hydrogens is 286 g/mol. The fourth-order valence-corrected chi connectivity index (χ4v) is 2.26. The van der Waals surface area contributed by atoms with E-state index in [1.54, 1.807) is 6.08 Å². The summed E-state index contributed by atoms with van der Waals surface area (Å²) in [4.78, 5) is 22.7. The van der Waals surface area contributed by atoms with Crippen LogP contribution in [0.25, 0.3) is 0 Å². The zero-order chi connectivity index (χ0) is 16.2. The van der Waals surface area contributed by atoms with Gasteiger partial charge in [-0.3, -0.25) is 4.79 Å². The van der Waals surface area contributed by atoms with E-state index in [1.165, 1.54) is 0 Å². The Morgan fingerprint density at radius 3 is 2.86 bits per heavy atom. The molecule has 0 spiro atoms. The summed E-state index contributed by atoms with van der Waals surface area (Å²) in [5, 5.41) is 11.7. The third-order valence-electron chi connectivity index (χ3n) is 3.54. The first-order valence-corrected chi connectivity index (χ1v) is 7.99. The van der Waals surface area contributed by atoms with Crippen molar-refractivity contribution in [3.05, 3.63) is 12.7 Å². The van der Waals surface area contributed by atoms with E-state index in [0.29, 0.717) is 25.9 Å². The molecule has 2 atom stereocenters. The van der Waals surface area contributed by atoms with E-state index in [4.69, 9.17) is 14.6 Å². The summed E-state index contributed by atoms with van der Waals surface area (Å²) in [5.74, 6) is -1.25. The Morgan fingerprint density at radius 1 is 1.41 bits per heavy atom. The average Bonchev–Trinajstić information content (AvgIpc) is 2.52. The standard InChI is InChI=1S/C16H27NO5/c1-2-3-9-14(18)17-13(16(19)20)8-4-6-11-21-15-10-5-7-12-22-15/h2,13,15H,1,3-12H2,(H,17,18)(H,19,20). The number of carboxylic acids is 1. The summed E-state index contributed by atoms with van der Waals surface area (Å²) in [5.41, 5.74) is 0. The largest absolute Gasteiger partial charge is 0.480 e. The first kappa shape index (κ1) is 18.6. The molecule has 0 aromatic rings. The molecule has 0 saturated carbocycles. The maximum absolute atomic E-state index is 11.5. The molecule has 0 bridgehead atoms. The van der Waals surface area contributed by atoms with Crippen LogP contribution in [0.3, 0.4) is 0 Å². The van der Waals surface area contributed by atoms with Crippen molar-refractivity contribution < 1.29 is 24.2 Å². The SMILES string of the molecule is C=CCCC(=O)NC(CCCCOC1CCCCO1)C(=O)O. The van der Waals surface area contributed by atoms with Gasteiger partial charge in [0.15, 0.2) is 6.29 Å². The summed E-state index contributed by atoms with van der Waals surface area (Å²) < 4.78 is 11.0. The summed E-state index contributed by atoms with van der Waals surface area (Å²) in [7, 11) is 0. The summed E-state index contributed by atoms with van der Waals surface area (Å²) in [6, 6.07) is -0.830. The average molecular weight is 313 g/mol. The van der Waals surface area contributed by atoms with Crippen LogP contribution in [0.5, 0.6) is 0 Å². The van der Waals surface area contributed by atoms with Crippen molar-refractivity contribution in [2.45, 2.75) is 63.7 Å². The van der Waals surface area contributed by atoms with Crippen molar-refractivity contribution in [1.82, 2.24) is 5.32 Å². The lowest BCUT2D eigenvalue weighted by Gasteiger charge is -2.22. The Hall–Kier alpha value is -1.40. The summed E-state index contributed by atoms with van der Waals surface area (Å²) in [6.45, 7) is 4.84. The van der Waals surface area contributed by atoms with Gasteiger partial charge in [-0.2, -0.15) is 0 Å². The quantitative estimate of drug-likeness (QED) is 0.451. The van der Waals surface area contributed by atoms with E-state index in [9.17, 15) is 9.59 Å². The fourth-order valence-electron chi connectivity index (χ4n) is 2.26. The molecule has 2 N–H and O–H groups in total. The van der Waals surface area contributed by atoms with Crippen molar-refractivity contribution >= 4 is 11.9 Å². The van der Waals surface area contributed by atoms with Crippen LogP contribution in [0, 0.1) is 0 Å². The van der Waals surface area contributed by atoms with E-state index in [2.05, 4.69) is 11.9 Å². The van der Waals surface area contributed by atoms with Gasteiger partial charge in [0.25, 0.3) is 0 Å². The number of carbonyl (C=O) groups excluding carboxylic acids is 1. The summed E-state index contributed by atoms with van der Waals surface area (Å²) in [6.07, 6.45) is 7.35. The molecule has 22 heavy (non-hydrogen) atoms. The van der Waals surface area contributed by atoms with Gasteiger partial charge in [-0.15, -0.1) is 6.58 Å². The smallest absolute Gasteiger partial charge is 0.326 e. The van der Waals surface area contributed by atoms with Gasteiger partial charge in [0, 0.05) is 19.6 Å². The molecule has 0 radical (unpaired) electrons. The van der Waals surface area contributed by atoms with Crippen molar-refractivity contribution in [2.24, 2.45) is 0 Å². The van der Waals surface area contributed by atoms with Crippen LogP contribution in [0.15, 0.2) is 12.7 Å². The van der Waals surface area contributed by atoms with E-state index in [1.807, 2.05) is 0 Å². The highest BCUT2D eigenvalue weighted by Crippen LogP contribution is 2.14. The first-order chi connectivity index (χ1) is 10.6. The molecule has 0 aromatic carbocycles. The van der Waals surface area contributed by atoms with Gasteiger partial charge in [-0.05, 0) is 44.9 Å². The number of hydrogen-bond donors (Lipinski definition) is 2. The van der Waals surface area contributed by atoms with E-state index < -0.39 is 12.0 Å². The number of aliphatic carboxylic acids is 1. The number of hydrogen-bond acceptors (Lipinski definition) is 4. The van der Waals surface area contributed by atoms with E-state index in [0.717, 1.165) is 32.3 Å². The topological polar surface area (TPSA) is 84.9 Å². The number of nitrogens with one attached hydrogen (secondary N) is 1. The number of carbonyl (C=O) groups is 2. The Bertz CT molecular complexity index is 352. The zero-order valence-corrected chi connectivity index (χ0v) is 13.1. The maximum atomic E-state index is 11.5. The Kier molecular flexibility index (Phi) is 9.50. The minimum absolute atomic E-state index is 0.109. The number of unbranched alkanes of at least 4 members (excludes halogenated alkanes) is 1. The molecule has 1 heterocycles. The molecule has 1 rings (SSSR count). The second kappa shape index (κ2) is 11.2. The van der Waals surface area contributed by atoms with Gasteiger partial charge < -0.3 is 19.9 Å². The molecule has 126 valence electrons. The molecule has 1 saturated heterocycles. The number of amides is 1. The van der Waals surface area contributed by atoms with E-state index >= 15 is 0 Å². The number of carboxylic acid groups (broad SMARTS) is 1. The lowest BCUT2D eigenvalue weighted by molar-refractivity contribution is -0.163. The number of allylic oxidation sites excluding steroid dienone is 1. The molecule has 1 amide bonds. The highest BCUT2D eigenvalue weighted by Gasteiger charge is 2.19. The van der Waals surface area contributed by atoms with Gasteiger partial charge in [0.1, 0.15) is 6.04 Å². The predicted molar refractivity (Wildman–Crippen MR) is 82.4 cm³/mol. The number of rotatable bonds is 11. The van der Waals surface area contributed by atoms with Crippen molar-refractivity contribution in [2.75, 3.05) is 13.2 Å². The lowest BCUT2D eigenvalue weighted by atomic mass is 10.1. The first-order valence-electron chi connectivity index (χ1n) is 7.99. The monoisotopic (exact) mass is 313 g/mol. The minimum atomic E-state index is -0.997. The number of ether oxygens (including phenoxy) is 2. The normalized spacial score (nSPS) is 19.4. The van der Waals surface area contributed by atoms with Crippen LogP contribution in [0.2, 0.25) is 0 Å². The summed E-state index contributed by atoms with van der Waals surface area (Å²) >= 11 is 0. The van der Waals surface area contributed by atoms with Crippen LogP contribution >= 0.6 is 0 Å². The molecule has 6 heteroatoms. The second-order valence-electron chi connectivity index (χ2n) is 5.45. The maximum Gasteiger partial charge on any atom is 0.326 e. The van der Waals surface area contributed by atoms with Crippen molar-refractivity contribution in [1.29, 1.82) is 0 Å². The molecule has 1 aliphatic heterocycles. The Balaban J connectivity index is 2.13. The molecule has 0 aliphatic carbocycles. The highest BCUT2D eigenvalue weighted by atomic mass is 16.7. The molecular formula is C16H27NO5. The molecule has 6 nitrogen and oxygen atoms in total.